The summed E-state index contributed by atoms with van der Waals surface area (Å²) in [7, 11) is 1.39. The van der Waals surface area contributed by atoms with Gasteiger partial charge in [-0.15, -0.1) is 0 Å². The van der Waals surface area contributed by atoms with Crippen molar-refractivity contribution in [1.29, 1.82) is 0 Å². The number of nitrogens with zero attached hydrogens (tertiary/aromatic N) is 1. The third-order valence-corrected chi connectivity index (χ3v) is 9.67. The summed E-state index contributed by atoms with van der Waals surface area (Å²) in [4.78, 5) is 35.4. The van der Waals surface area contributed by atoms with Gasteiger partial charge in [0.15, 0.2) is 6.10 Å². The molecular weight excluding hydrogens is 766 g/mol. The molecule has 0 fully saturated rings. The van der Waals surface area contributed by atoms with Gasteiger partial charge in [-0.3, -0.25) is 18.6 Å². The molecule has 0 aromatic rings. The van der Waals surface area contributed by atoms with Gasteiger partial charge in [-0.25, -0.2) is 4.57 Å². The van der Waals surface area contributed by atoms with Crippen LogP contribution in [0, 0.1) is 0 Å². The lowest BCUT2D eigenvalue weighted by molar-refractivity contribution is -0.870. The lowest BCUT2D eigenvalue weighted by Gasteiger charge is -2.24. The quantitative estimate of drug-likeness (QED) is 0.0156. The van der Waals surface area contributed by atoms with Gasteiger partial charge in [0.25, 0.3) is 0 Å². The van der Waals surface area contributed by atoms with E-state index in [-0.39, 0.29) is 26.1 Å². The maximum atomic E-state index is 12.7. The van der Waals surface area contributed by atoms with Crippen molar-refractivity contribution in [1.82, 2.24) is 0 Å². The molecule has 11 heteroatoms. The normalized spacial score (nSPS) is 15.0. The number of hydrogen-bond acceptors (Lipinski definition) is 8. The molecule has 0 aliphatic carbocycles. The third-order valence-electron chi connectivity index (χ3n) is 8.69. The van der Waals surface area contributed by atoms with E-state index in [1.54, 1.807) is 6.08 Å². The Balaban J connectivity index is 4.51. The summed E-state index contributed by atoms with van der Waals surface area (Å²) in [5.41, 5.74) is 0. The molecule has 2 N–H and O–H groups in total. The second-order valence-corrected chi connectivity index (χ2v) is 17.0. The summed E-state index contributed by atoms with van der Waals surface area (Å²) in [6, 6.07) is 0. The van der Waals surface area contributed by atoms with Crippen LogP contribution in [0.2, 0.25) is 0 Å². The fourth-order valence-corrected chi connectivity index (χ4v) is 5.99. The number of rotatable bonds is 38. The Morgan fingerprint density at radius 1 is 0.610 bits per heavy atom. The van der Waals surface area contributed by atoms with Crippen LogP contribution >= 0.6 is 7.82 Å². The van der Waals surface area contributed by atoms with Gasteiger partial charge in [-0.2, -0.15) is 0 Å². The van der Waals surface area contributed by atoms with Crippen molar-refractivity contribution in [2.75, 3.05) is 47.5 Å². The number of carbonyl (C=O) groups excluding carboxylic acids is 2. The van der Waals surface area contributed by atoms with E-state index in [1.807, 2.05) is 45.4 Å². The second-order valence-electron chi connectivity index (χ2n) is 15.5. The van der Waals surface area contributed by atoms with Crippen molar-refractivity contribution in [3.8, 4) is 0 Å². The number of hydrogen-bond donors (Lipinski definition) is 2. The van der Waals surface area contributed by atoms with Gasteiger partial charge in [-0.05, 0) is 83.5 Å². The van der Waals surface area contributed by atoms with Crippen molar-refractivity contribution in [3.05, 3.63) is 97.2 Å². The molecule has 0 radical (unpaired) electrons. The topological polar surface area (TPSA) is 129 Å². The lowest BCUT2D eigenvalue weighted by atomic mass is 10.1. The molecular formula is C48H81NO9P+. The predicted molar refractivity (Wildman–Crippen MR) is 244 cm³/mol. The molecule has 336 valence electrons. The molecule has 0 heterocycles. The Morgan fingerprint density at radius 2 is 1.12 bits per heavy atom. The molecule has 0 rings (SSSR count). The molecule has 0 aliphatic rings. The summed E-state index contributed by atoms with van der Waals surface area (Å²) in [6.45, 7) is 3.98. The van der Waals surface area contributed by atoms with E-state index >= 15 is 0 Å². The van der Waals surface area contributed by atoms with Crippen LogP contribution in [-0.4, -0.2) is 86.1 Å². The third kappa shape index (κ3) is 42.8. The highest BCUT2D eigenvalue weighted by Gasteiger charge is 2.27. The zero-order chi connectivity index (χ0) is 43.7. The standard InChI is InChI=1S/C48H80NO9P/c1-6-8-10-11-12-13-14-15-16-17-18-19-20-21-22-25-29-32-36-40-48(52)58-46(44-57-59(53,54)56-42-41-49(3,4)5)43-55-47(51)39-35-31-28-26-23-24-27-30-34-38-45(50)37-33-9-7-2/h8-10,12-13,15-16,18-19,21-22,27,30,33-34,38,45-46,50H,6-7,11,14,17,20,23-26,28-29,31-32,35-37,39-44H2,1-5H3/p+1/b10-8-,13-12-,16-15-,19-18-,22-21-,30-27+,33-9+,38-34+/t45?,46-/m1/s1. The fourth-order valence-electron chi connectivity index (χ4n) is 5.25. The van der Waals surface area contributed by atoms with Gasteiger partial charge in [-0.1, -0.05) is 137 Å². The van der Waals surface area contributed by atoms with Crippen LogP contribution in [0.15, 0.2) is 97.2 Å². The molecule has 0 saturated carbocycles. The number of phosphoric acid groups is 1. The highest BCUT2D eigenvalue weighted by molar-refractivity contribution is 7.47. The van der Waals surface area contributed by atoms with E-state index in [9.17, 15) is 24.2 Å². The number of esters is 2. The Bertz CT molecular complexity index is 1340. The number of aliphatic hydroxyl groups excluding tert-OH is 1. The Kier molecular flexibility index (Phi) is 37.0. The van der Waals surface area contributed by atoms with Crippen molar-refractivity contribution >= 4 is 19.8 Å². The van der Waals surface area contributed by atoms with Crippen LogP contribution in [0.5, 0.6) is 0 Å². The molecule has 0 bridgehead atoms. The van der Waals surface area contributed by atoms with Crippen molar-refractivity contribution in [3.63, 3.8) is 0 Å². The second kappa shape index (κ2) is 39.1. The molecule has 59 heavy (non-hydrogen) atoms. The van der Waals surface area contributed by atoms with Gasteiger partial charge in [0.05, 0.1) is 33.9 Å². The summed E-state index contributed by atoms with van der Waals surface area (Å²) in [5, 5.41) is 9.88. The average Bonchev–Trinajstić information content (AvgIpc) is 3.18. The van der Waals surface area contributed by atoms with E-state index in [2.05, 4.69) is 80.7 Å². The molecule has 0 aromatic heterocycles. The Labute approximate surface area is 358 Å². The van der Waals surface area contributed by atoms with E-state index < -0.39 is 38.6 Å². The molecule has 0 aromatic carbocycles. The Morgan fingerprint density at radius 3 is 1.73 bits per heavy atom. The van der Waals surface area contributed by atoms with E-state index in [0.717, 1.165) is 89.9 Å². The fraction of sp³-hybridized carbons (Fsp3) is 0.625. The van der Waals surface area contributed by atoms with E-state index in [4.69, 9.17) is 18.5 Å². The molecule has 3 atom stereocenters. The molecule has 0 amide bonds. The maximum Gasteiger partial charge on any atom is 0.472 e. The van der Waals surface area contributed by atoms with E-state index in [1.165, 1.54) is 0 Å². The largest absolute Gasteiger partial charge is 0.472 e. The average molecular weight is 847 g/mol. The SMILES string of the molecule is CC/C=C\C/C=C\C/C=C\C/C=C\C/C=C\CCCCCC(=O)O[C@H](COC(=O)CCCCCCC/C=C/C=C/C(O)C/C=C/CC)COP(=O)(O)OCC[N+](C)(C)C. The number of likely N-dealkylation sites (N-methyl/N-ethyl adjacent to an activating group) is 1. The van der Waals surface area contributed by atoms with Gasteiger partial charge < -0.3 is 24.0 Å². The van der Waals surface area contributed by atoms with Crippen LogP contribution in [0.25, 0.3) is 0 Å². The summed E-state index contributed by atoms with van der Waals surface area (Å²) >= 11 is 0. The number of aliphatic hydroxyl groups is 1. The van der Waals surface area contributed by atoms with Gasteiger partial charge in [0.2, 0.25) is 0 Å². The molecule has 10 nitrogen and oxygen atoms in total. The summed E-state index contributed by atoms with van der Waals surface area (Å²) in [5.74, 6) is -0.902. The zero-order valence-electron chi connectivity index (χ0n) is 37.3. The highest BCUT2D eigenvalue weighted by Crippen LogP contribution is 2.43. The van der Waals surface area contributed by atoms with Crippen molar-refractivity contribution < 1.29 is 47.2 Å². The van der Waals surface area contributed by atoms with Crippen molar-refractivity contribution in [2.24, 2.45) is 0 Å². The number of quaternary nitrogens is 1. The predicted octanol–water partition coefficient (Wildman–Crippen LogP) is 11.5. The first-order chi connectivity index (χ1) is 28.4. The number of carbonyl (C=O) groups is 2. The highest BCUT2D eigenvalue weighted by atomic mass is 31.2. The van der Waals surface area contributed by atoms with Gasteiger partial charge in [0.1, 0.15) is 19.8 Å². The minimum Gasteiger partial charge on any atom is -0.462 e. The van der Waals surface area contributed by atoms with Crippen LogP contribution in [-0.2, 0) is 32.7 Å². The first kappa shape index (κ1) is 55.9. The molecule has 0 saturated heterocycles. The van der Waals surface area contributed by atoms with Crippen LogP contribution < -0.4 is 0 Å². The smallest absolute Gasteiger partial charge is 0.462 e. The molecule has 0 aliphatic heterocycles. The number of phosphoric ester groups is 1. The first-order valence-corrected chi connectivity index (χ1v) is 23.6. The van der Waals surface area contributed by atoms with Crippen molar-refractivity contribution in [2.45, 2.75) is 148 Å². The lowest BCUT2D eigenvalue weighted by Crippen LogP contribution is -2.37. The van der Waals surface area contributed by atoms with Crippen LogP contribution in [0.3, 0.4) is 0 Å². The van der Waals surface area contributed by atoms with Gasteiger partial charge in [0, 0.05) is 12.8 Å². The maximum absolute atomic E-state index is 12.7. The summed E-state index contributed by atoms with van der Waals surface area (Å²) in [6.07, 6.45) is 47.9. The first-order valence-electron chi connectivity index (χ1n) is 22.1. The van der Waals surface area contributed by atoms with Crippen LogP contribution in [0.1, 0.15) is 136 Å². The zero-order valence-corrected chi connectivity index (χ0v) is 38.2. The minimum absolute atomic E-state index is 0.00677. The number of unbranched alkanes of at least 4 members (excludes halogenated alkanes) is 8. The number of ether oxygens (including phenoxy) is 2. The monoisotopic (exact) mass is 847 g/mol. The van der Waals surface area contributed by atoms with Crippen LogP contribution in [0.4, 0.5) is 0 Å². The minimum atomic E-state index is -4.41. The Hall–Kier alpha value is -3.11. The number of allylic oxidation sites excluding steroid dienone is 14. The molecule has 2 unspecified atom stereocenters. The molecule has 0 spiro atoms. The van der Waals surface area contributed by atoms with E-state index in [0.29, 0.717) is 30.3 Å². The summed E-state index contributed by atoms with van der Waals surface area (Å²) < 4.78 is 34.2. The van der Waals surface area contributed by atoms with Gasteiger partial charge >= 0.3 is 19.8 Å².